The summed E-state index contributed by atoms with van der Waals surface area (Å²) in [6.45, 7) is 3.89. The first-order valence-corrected chi connectivity index (χ1v) is 25.7. The predicted octanol–water partition coefficient (Wildman–Crippen LogP) is 15.6. The Morgan fingerprint density at radius 1 is 0.483 bits per heavy atom. The van der Waals surface area contributed by atoms with E-state index in [9.17, 15) is 19.0 Å². The van der Waals surface area contributed by atoms with Crippen LogP contribution < -0.4 is 0 Å². The number of esters is 2. The lowest BCUT2D eigenvalue weighted by atomic mass is 10.0. The third kappa shape index (κ3) is 43.8. The summed E-state index contributed by atoms with van der Waals surface area (Å²) in [4.78, 5) is 34.6. The maximum atomic E-state index is 12.6. The van der Waals surface area contributed by atoms with E-state index in [-0.39, 0.29) is 25.4 Å². The van der Waals surface area contributed by atoms with Crippen molar-refractivity contribution in [3.05, 3.63) is 36.5 Å². The highest BCUT2D eigenvalue weighted by Gasteiger charge is 2.24. The van der Waals surface area contributed by atoms with Gasteiger partial charge in [0.15, 0.2) is 6.10 Å². The normalized spacial score (nSPS) is 13.5. The van der Waals surface area contributed by atoms with Crippen molar-refractivity contribution in [2.24, 2.45) is 0 Å². The van der Waals surface area contributed by atoms with E-state index in [0.29, 0.717) is 6.42 Å². The number of carbonyl (C=O) groups is 2. The van der Waals surface area contributed by atoms with Crippen LogP contribution in [0.1, 0.15) is 239 Å². The van der Waals surface area contributed by atoms with Crippen molar-refractivity contribution in [3.8, 4) is 0 Å². The van der Waals surface area contributed by atoms with Gasteiger partial charge in [-0.05, 0) is 70.6 Å². The molecule has 0 bridgehead atoms. The van der Waals surface area contributed by atoms with Crippen LogP contribution in [-0.4, -0.2) is 43.3 Å². The van der Waals surface area contributed by atoms with E-state index in [1.54, 1.807) is 0 Å². The zero-order chi connectivity index (χ0) is 42.5. The van der Waals surface area contributed by atoms with Crippen molar-refractivity contribution in [1.29, 1.82) is 0 Å². The van der Waals surface area contributed by atoms with Crippen LogP contribution in [0.15, 0.2) is 36.5 Å². The molecule has 340 valence electrons. The van der Waals surface area contributed by atoms with E-state index in [0.717, 1.165) is 64.9 Å². The fourth-order valence-corrected chi connectivity index (χ4v) is 7.32. The molecular formula is C49H91O8P. The molecule has 2 atom stereocenters. The van der Waals surface area contributed by atoms with E-state index < -0.39 is 26.5 Å². The average molecular weight is 839 g/mol. The van der Waals surface area contributed by atoms with Gasteiger partial charge in [0.05, 0.1) is 6.61 Å². The highest BCUT2D eigenvalue weighted by molar-refractivity contribution is 7.47. The Morgan fingerprint density at radius 2 is 0.828 bits per heavy atom. The van der Waals surface area contributed by atoms with Gasteiger partial charge in [-0.25, -0.2) is 4.57 Å². The molecule has 0 fully saturated rings. The van der Waals surface area contributed by atoms with Crippen molar-refractivity contribution in [1.82, 2.24) is 0 Å². The van der Waals surface area contributed by atoms with Gasteiger partial charge in [0, 0.05) is 20.0 Å². The molecule has 2 unspecified atom stereocenters. The van der Waals surface area contributed by atoms with Gasteiger partial charge in [0.1, 0.15) is 6.61 Å². The van der Waals surface area contributed by atoms with Gasteiger partial charge in [-0.1, -0.05) is 192 Å². The monoisotopic (exact) mass is 839 g/mol. The molecular weight excluding hydrogens is 748 g/mol. The second-order valence-electron chi connectivity index (χ2n) is 16.2. The van der Waals surface area contributed by atoms with Crippen LogP contribution in [0.4, 0.5) is 0 Å². The van der Waals surface area contributed by atoms with Crippen LogP contribution in [0.25, 0.3) is 0 Å². The summed E-state index contributed by atoms with van der Waals surface area (Å²) in [6.07, 6.45) is 53.4. The Hall–Kier alpha value is -1.73. The molecule has 0 spiro atoms. The summed E-state index contributed by atoms with van der Waals surface area (Å²) in [5.74, 6) is -0.808. The SMILES string of the molecule is CCCCCCC/C=C\C/C=C\CCCCCCCCCCCCCC(=O)OC(COC(=O)CCCCCCC/C=C\CCCCCCCCC)COP(=O)(O)OC. The summed E-state index contributed by atoms with van der Waals surface area (Å²) in [5.41, 5.74) is 0. The summed E-state index contributed by atoms with van der Waals surface area (Å²) < 4.78 is 32.1. The average Bonchev–Trinajstić information content (AvgIpc) is 3.21. The molecule has 0 aromatic rings. The van der Waals surface area contributed by atoms with Gasteiger partial charge in [-0.2, -0.15) is 0 Å². The Kier molecular flexibility index (Phi) is 43.5. The first-order chi connectivity index (χ1) is 28.3. The molecule has 0 aromatic heterocycles. The van der Waals surface area contributed by atoms with E-state index in [1.807, 2.05) is 0 Å². The third-order valence-electron chi connectivity index (χ3n) is 10.6. The number of unbranched alkanes of at least 4 members (excludes halogenated alkanes) is 28. The smallest absolute Gasteiger partial charge is 0.462 e. The Morgan fingerprint density at radius 3 is 1.22 bits per heavy atom. The van der Waals surface area contributed by atoms with E-state index in [2.05, 4.69) is 54.8 Å². The molecule has 9 heteroatoms. The molecule has 8 nitrogen and oxygen atoms in total. The van der Waals surface area contributed by atoms with Crippen molar-refractivity contribution >= 4 is 19.8 Å². The lowest BCUT2D eigenvalue weighted by Crippen LogP contribution is -2.29. The van der Waals surface area contributed by atoms with E-state index in [1.165, 1.54) is 148 Å². The fourth-order valence-electron chi connectivity index (χ4n) is 6.86. The number of hydrogen-bond acceptors (Lipinski definition) is 7. The van der Waals surface area contributed by atoms with Crippen LogP contribution in [-0.2, 0) is 32.7 Å². The Bertz CT molecular complexity index is 1040. The molecule has 0 radical (unpaired) electrons. The molecule has 0 amide bonds. The van der Waals surface area contributed by atoms with Crippen molar-refractivity contribution in [2.75, 3.05) is 20.3 Å². The van der Waals surface area contributed by atoms with Gasteiger partial charge in [0.25, 0.3) is 0 Å². The Labute approximate surface area is 357 Å². The number of hydrogen-bond donors (Lipinski definition) is 1. The number of rotatable bonds is 45. The second-order valence-corrected chi connectivity index (χ2v) is 17.8. The molecule has 0 aromatic carbocycles. The first-order valence-electron chi connectivity index (χ1n) is 24.2. The van der Waals surface area contributed by atoms with Gasteiger partial charge < -0.3 is 14.4 Å². The maximum Gasteiger partial charge on any atom is 0.472 e. The molecule has 0 aliphatic rings. The zero-order valence-corrected chi connectivity index (χ0v) is 38.9. The summed E-state index contributed by atoms with van der Waals surface area (Å²) >= 11 is 0. The van der Waals surface area contributed by atoms with Gasteiger partial charge in [-0.3, -0.25) is 18.6 Å². The van der Waals surface area contributed by atoms with Crippen LogP contribution in [0.3, 0.4) is 0 Å². The molecule has 0 saturated heterocycles. The number of carbonyl (C=O) groups excluding carboxylic acids is 2. The van der Waals surface area contributed by atoms with Crippen molar-refractivity contribution in [2.45, 2.75) is 245 Å². The maximum absolute atomic E-state index is 12.6. The van der Waals surface area contributed by atoms with Crippen LogP contribution in [0, 0.1) is 0 Å². The molecule has 0 aliphatic carbocycles. The third-order valence-corrected chi connectivity index (χ3v) is 11.5. The molecule has 1 N–H and O–H groups in total. The minimum Gasteiger partial charge on any atom is -0.462 e. The predicted molar refractivity (Wildman–Crippen MR) is 244 cm³/mol. The van der Waals surface area contributed by atoms with Crippen LogP contribution in [0.2, 0.25) is 0 Å². The van der Waals surface area contributed by atoms with E-state index in [4.69, 9.17) is 14.0 Å². The molecule has 0 aliphatic heterocycles. The quantitative estimate of drug-likeness (QED) is 0.0279. The van der Waals surface area contributed by atoms with E-state index >= 15 is 0 Å². The molecule has 58 heavy (non-hydrogen) atoms. The standard InChI is InChI=1S/C49H91O8P/c1-4-6-8-10-12-14-16-18-20-22-23-24-25-26-27-28-30-32-34-36-38-40-42-44-49(51)57-47(46-56-58(52,53)54-3)45-55-48(50)43-41-39-37-35-33-31-29-21-19-17-15-13-11-9-7-5-2/h16,18,21-23,29,47H,4-15,17,19-20,24-28,30-46H2,1-3H3,(H,52,53)/b18-16-,23-22-,29-21-. The number of ether oxygens (including phenoxy) is 2. The summed E-state index contributed by atoms with van der Waals surface area (Å²) in [5, 5.41) is 0. The Balaban J connectivity index is 3.92. The molecule has 0 saturated carbocycles. The van der Waals surface area contributed by atoms with Gasteiger partial charge in [-0.15, -0.1) is 0 Å². The second kappa shape index (κ2) is 44.8. The lowest BCUT2D eigenvalue weighted by Gasteiger charge is -2.19. The number of phosphoric acid groups is 1. The number of phosphoric ester groups is 1. The van der Waals surface area contributed by atoms with Crippen LogP contribution >= 0.6 is 7.82 Å². The minimum atomic E-state index is -4.27. The highest BCUT2D eigenvalue weighted by Crippen LogP contribution is 2.42. The minimum absolute atomic E-state index is 0.228. The topological polar surface area (TPSA) is 108 Å². The zero-order valence-electron chi connectivity index (χ0n) is 38.0. The highest BCUT2D eigenvalue weighted by atomic mass is 31.2. The lowest BCUT2D eigenvalue weighted by molar-refractivity contribution is -0.161. The van der Waals surface area contributed by atoms with Gasteiger partial charge >= 0.3 is 19.8 Å². The molecule has 0 heterocycles. The van der Waals surface area contributed by atoms with Crippen molar-refractivity contribution < 1.29 is 37.6 Å². The largest absolute Gasteiger partial charge is 0.472 e. The summed E-state index contributed by atoms with van der Waals surface area (Å²) in [7, 11) is -3.20. The fraction of sp³-hybridized carbons (Fsp3) is 0.837. The number of allylic oxidation sites excluding steroid dienone is 6. The van der Waals surface area contributed by atoms with Crippen LogP contribution in [0.5, 0.6) is 0 Å². The molecule has 0 rings (SSSR count). The summed E-state index contributed by atoms with van der Waals surface area (Å²) in [6, 6.07) is 0. The first kappa shape index (κ1) is 56.3. The van der Waals surface area contributed by atoms with Gasteiger partial charge in [0.2, 0.25) is 0 Å². The van der Waals surface area contributed by atoms with Crippen molar-refractivity contribution in [3.63, 3.8) is 0 Å².